The van der Waals surface area contributed by atoms with Crippen molar-refractivity contribution in [1.82, 2.24) is 34.3 Å². The van der Waals surface area contributed by atoms with Crippen LogP contribution in [0.1, 0.15) is 37.3 Å². The predicted molar refractivity (Wildman–Crippen MR) is 133 cm³/mol. The second-order valence-electron chi connectivity index (χ2n) is 9.22. The Kier molecular flexibility index (Phi) is 6.02. The van der Waals surface area contributed by atoms with Gasteiger partial charge in [-0.3, -0.25) is 9.55 Å². The van der Waals surface area contributed by atoms with E-state index < -0.39 is 30.0 Å². The molecule has 5 aromatic rings. The maximum absolute atomic E-state index is 15.0. The summed E-state index contributed by atoms with van der Waals surface area (Å²) in [5.74, 6) is -0.641. The number of epoxide rings is 1. The average molecular weight is 556 g/mol. The minimum Gasteiger partial charge on any atom is -0.452 e. The number of aromatic nitrogens is 7. The van der Waals surface area contributed by atoms with Crippen LogP contribution < -0.4 is 15.7 Å². The first kappa shape index (κ1) is 25.5. The van der Waals surface area contributed by atoms with E-state index >= 15 is 4.39 Å². The van der Waals surface area contributed by atoms with Gasteiger partial charge in [-0.15, -0.1) is 0 Å². The van der Waals surface area contributed by atoms with Crippen LogP contribution in [0.5, 0.6) is 11.5 Å². The molecule has 5 heterocycles. The Morgan fingerprint density at radius 3 is 2.60 bits per heavy atom. The van der Waals surface area contributed by atoms with Gasteiger partial charge in [0.2, 0.25) is 0 Å². The fraction of sp³-hybridized carbons (Fsp3) is 0.240. The number of ether oxygens (including phenoxy) is 2. The maximum Gasteiger partial charge on any atom is 0.433 e. The summed E-state index contributed by atoms with van der Waals surface area (Å²) in [6.45, 7) is 3.64. The largest absolute Gasteiger partial charge is 0.452 e. The Morgan fingerprint density at radius 2 is 1.90 bits per heavy atom. The third kappa shape index (κ3) is 4.53. The predicted octanol–water partition coefficient (Wildman–Crippen LogP) is 4.74. The standard InChI is InChI=1S/C25H20F4N8O3/c1-12(2)36-19-18(5-6-32-22(19)35-24(36)38)39-17-4-3-13(7-16(17)26)34-23-20(40-23)15-10-33-37(21(15)25(27,28)29)14-8-30-11-31-9-14/h3-12,20,23,34H,1-2H3,(H,32,35,38). The van der Waals surface area contributed by atoms with Crippen LogP contribution in [-0.4, -0.2) is 40.5 Å². The second kappa shape index (κ2) is 9.44. The molecule has 40 heavy (non-hydrogen) atoms. The number of hydrogen-bond donors (Lipinski definition) is 2. The first-order chi connectivity index (χ1) is 19.1. The number of nitrogens with zero attached hydrogens (tertiary/aromatic N) is 6. The van der Waals surface area contributed by atoms with E-state index in [-0.39, 0.29) is 40.2 Å². The third-order valence-electron chi connectivity index (χ3n) is 6.21. The van der Waals surface area contributed by atoms with E-state index in [0.717, 1.165) is 12.3 Å². The van der Waals surface area contributed by atoms with E-state index in [1.54, 1.807) is 0 Å². The van der Waals surface area contributed by atoms with Gasteiger partial charge < -0.3 is 14.8 Å². The number of pyridine rings is 1. The summed E-state index contributed by atoms with van der Waals surface area (Å²) in [7, 11) is 0. The summed E-state index contributed by atoms with van der Waals surface area (Å²) in [4.78, 5) is 26.6. The fourth-order valence-electron chi connectivity index (χ4n) is 4.46. The number of H-pyrrole nitrogens is 1. The Morgan fingerprint density at radius 1 is 1.12 bits per heavy atom. The van der Waals surface area contributed by atoms with Crippen LogP contribution in [0.2, 0.25) is 0 Å². The Labute approximate surface area is 222 Å². The number of fused-ring (bicyclic) bond motifs is 1. The Bertz CT molecular complexity index is 1760. The molecule has 0 bridgehead atoms. The molecular formula is C25H20F4N8O3. The molecule has 1 aliphatic heterocycles. The van der Waals surface area contributed by atoms with Gasteiger partial charge in [-0.05, 0) is 26.0 Å². The van der Waals surface area contributed by atoms with Crippen LogP contribution in [0.15, 0.2) is 60.2 Å². The van der Waals surface area contributed by atoms with Crippen LogP contribution in [0, 0.1) is 5.82 Å². The number of anilines is 1. The van der Waals surface area contributed by atoms with Crippen molar-refractivity contribution in [3.8, 4) is 17.2 Å². The third-order valence-corrected chi connectivity index (χ3v) is 6.21. The van der Waals surface area contributed by atoms with Crippen LogP contribution in [0.4, 0.5) is 23.2 Å². The van der Waals surface area contributed by atoms with Gasteiger partial charge in [-0.25, -0.2) is 28.8 Å². The molecule has 11 nitrogen and oxygen atoms in total. The number of aromatic amines is 1. The Hall–Kier alpha value is -4.79. The molecule has 0 radical (unpaired) electrons. The molecular weight excluding hydrogens is 536 g/mol. The van der Waals surface area contributed by atoms with Crippen molar-refractivity contribution in [3.63, 3.8) is 0 Å². The smallest absolute Gasteiger partial charge is 0.433 e. The van der Waals surface area contributed by atoms with Crippen LogP contribution in [-0.2, 0) is 10.9 Å². The van der Waals surface area contributed by atoms with E-state index in [4.69, 9.17) is 9.47 Å². The lowest BCUT2D eigenvalue weighted by atomic mass is 10.1. The van der Waals surface area contributed by atoms with Gasteiger partial charge >= 0.3 is 11.9 Å². The SMILES string of the molecule is CC(C)n1c(=O)[nH]c2nccc(Oc3ccc(NC4OC4c4cnn(-c5cncnc5)c4C(F)(F)F)cc3F)c21. The molecule has 206 valence electrons. The summed E-state index contributed by atoms with van der Waals surface area (Å²) in [6, 6.07) is 5.30. The molecule has 0 saturated carbocycles. The molecule has 1 saturated heterocycles. The summed E-state index contributed by atoms with van der Waals surface area (Å²) in [5, 5.41) is 6.74. The zero-order chi connectivity index (χ0) is 28.2. The van der Waals surface area contributed by atoms with Gasteiger partial charge in [0.25, 0.3) is 0 Å². The summed E-state index contributed by atoms with van der Waals surface area (Å²) < 4.78 is 70.3. The van der Waals surface area contributed by atoms with Crippen molar-refractivity contribution in [2.75, 3.05) is 5.32 Å². The first-order valence-corrected chi connectivity index (χ1v) is 12.0. The van der Waals surface area contributed by atoms with Crippen molar-refractivity contribution >= 4 is 16.9 Å². The second-order valence-corrected chi connectivity index (χ2v) is 9.22. The number of nitrogens with one attached hydrogen (secondary N) is 2. The lowest BCUT2D eigenvalue weighted by molar-refractivity contribution is -0.143. The number of alkyl halides is 3. The fourth-order valence-corrected chi connectivity index (χ4v) is 4.46. The van der Waals surface area contributed by atoms with E-state index in [1.807, 2.05) is 13.8 Å². The normalized spacial score (nSPS) is 17.0. The molecule has 1 fully saturated rings. The molecule has 2 atom stereocenters. The lowest BCUT2D eigenvalue weighted by Gasteiger charge is -2.13. The molecule has 0 aliphatic carbocycles. The summed E-state index contributed by atoms with van der Waals surface area (Å²) in [6.07, 6.45) is -0.429. The maximum atomic E-state index is 15.0. The van der Waals surface area contributed by atoms with Gasteiger partial charge in [0.05, 0.1) is 18.6 Å². The number of benzene rings is 1. The van der Waals surface area contributed by atoms with E-state index in [0.29, 0.717) is 15.8 Å². The highest BCUT2D eigenvalue weighted by molar-refractivity contribution is 5.78. The van der Waals surface area contributed by atoms with Gasteiger partial charge in [0.15, 0.2) is 34.9 Å². The summed E-state index contributed by atoms with van der Waals surface area (Å²) >= 11 is 0. The summed E-state index contributed by atoms with van der Waals surface area (Å²) in [5.41, 5.74) is -0.576. The molecule has 15 heteroatoms. The lowest BCUT2D eigenvalue weighted by Crippen LogP contribution is -2.18. The number of halogens is 4. The van der Waals surface area contributed by atoms with E-state index in [9.17, 15) is 18.0 Å². The topological polar surface area (TPSA) is 128 Å². The number of rotatable bonds is 7. The van der Waals surface area contributed by atoms with Crippen molar-refractivity contribution in [2.45, 2.75) is 38.4 Å². The van der Waals surface area contributed by atoms with Crippen LogP contribution in [0.25, 0.3) is 16.9 Å². The minimum absolute atomic E-state index is 0.0420. The molecule has 0 amide bonds. The van der Waals surface area contributed by atoms with E-state index in [1.165, 1.54) is 47.7 Å². The van der Waals surface area contributed by atoms with Gasteiger partial charge in [-0.1, -0.05) is 0 Å². The minimum atomic E-state index is -4.73. The molecule has 1 aliphatic rings. The number of hydrogen-bond acceptors (Lipinski definition) is 8. The molecule has 2 unspecified atom stereocenters. The zero-order valence-corrected chi connectivity index (χ0v) is 20.8. The highest BCUT2D eigenvalue weighted by Gasteiger charge is 2.49. The van der Waals surface area contributed by atoms with Crippen molar-refractivity contribution in [3.05, 3.63) is 82.9 Å². The number of imidazole rings is 1. The molecule has 6 rings (SSSR count). The van der Waals surface area contributed by atoms with Gasteiger partial charge in [0, 0.05) is 35.6 Å². The Balaban J connectivity index is 1.22. The van der Waals surface area contributed by atoms with Crippen molar-refractivity contribution in [1.29, 1.82) is 0 Å². The van der Waals surface area contributed by atoms with Crippen molar-refractivity contribution < 1.29 is 27.0 Å². The zero-order valence-electron chi connectivity index (χ0n) is 20.8. The monoisotopic (exact) mass is 556 g/mol. The highest BCUT2D eigenvalue weighted by Crippen LogP contribution is 2.45. The van der Waals surface area contributed by atoms with Crippen LogP contribution >= 0.6 is 0 Å². The molecule has 4 aromatic heterocycles. The van der Waals surface area contributed by atoms with Gasteiger partial charge in [-0.2, -0.15) is 18.3 Å². The molecule has 1 aromatic carbocycles. The highest BCUT2D eigenvalue weighted by atomic mass is 19.4. The van der Waals surface area contributed by atoms with Crippen molar-refractivity contribution in [2.24, 2.45) is 0 Å². The average Bonchev–Trinajstić information content (AvgIpc) is 3.34. The first-order valence-electron chi connectivity index (χ1n) is 12.0. The van der Waals surface area contributed by atoms with Gasteiger partial charge in [0.1, 0.15) is 23.6 Å². The quantitative estimate of drug-likeness (QED) is 0.217. The van der Waals surface area contributed by atoms with Crippen LogP contribution in [0.3, 0.4) is 0 Å². The molecule has 2 N–H and O–H groups in total. The van der Waals surface area contributed by atoms with E-state index in [2.05, 4.69) is 30.4 Å². The molecule has 0 spiro atoms.